The maximum Gasteiger partial charge on any atom is 0.308 e. The summed E-state index contributed by atoms with van der Waals surface area (Å²) >= 11 is 1.05. The van der Waals surface area contributed by atoms with Crippen LogP contribution in [0.1, 0.15) is 5.56 Å². The molecule has 0 atom stereocenters. The molecule has 0 aliphatic carbocycles. The maximum atomic E-state index is 13.1. The largest absolute Gasteiger partial charge is 0.308 e. The summed E-state index contributed by atoms with van der Waals surface area (Å²) in [5.41, 5.74) is 2.26. The number of anilines is 1. The molecule has 5 nitrogen and oxygen atoms in total. The number of thiazole rings is 1. The molecular weight excluding hydrogens is 428 g/mol. The van der Waals surface area contributed by atoms with Crippen molar-refractivity contribution in [3.8, 4) is 0 Å². The highest BCUT2D eigenvalue weighted by atomic mass is 32.2. The van der Waals surface area contributed by atoms with Gasteiger partial charge < -0.3 is 0 Å². The van der Waals surface area contributed by atoms with Gasteiger partial charge in [-0.1, -0.05) is 78.1 Å². The minimum absolute atomic E-state index is 0.115. The van der Waals surface area contributed by atoms with Crippen LogP contribution in [-0.4, -0.2) is 13.0 Å². The predicted octanol–water partition coefficient (Wildman–Crippen LogP) is 5.07. The van der Waals surface area contributed by atoms with Gasteiger partial charge in [0.05, 0.1) is 27.3 Å². The Bertz CT molecular complexity index is 1560. The van der Waals surface area contributed by atoms with Crippen molar-refractivity contribution in [2.24, 2.45) is 0 Å². The first-order chi connectivity index (χ1) is 15.0. The topological polar surface area (TPSA) is 68.2 Å². The molecule has 5 rings (SSSR count). The van der Waals surface area contributed by atoms with Crippen molar-refractivity contribution in [3.63, 3.8) is 0 Å². The van der Waals surface area contributed by atoms with E-state index in [1.165, 1.54) is 0 Å². The Morgan fingerprint density at radius 3 is 2.42 bits per heavy atom. The second-order valence-corrected chi connectivity index (χ2v) is 9.88. The average molecular weight is 447 g/mol. The Kier molecular flexibility index (Phi) is 4.84. The van der Waals surface area contributed by atoms with Crippen molar-refractivity contribution in [2.45, 2.75) is 11.4 Å². The molecule has 0 saturated heterocycles. The molecule has 0 amide bonds. The van der Waals surface area contributed by atoms with Crippen LogP contribution in [0.4, 0.5) is 5.69 Å². The normalized spacial score (nSPS) is 11.7. The average Bonchev–Trinajstić information content (AvgIpc) is 3.09. The number of hydrogen-bond acceptors (Lipinski definition) is 4. The lowest BCUT2D eigenvalue weighted by Gasteiger charge is -2.11. The van der Waals surface area contributed by atoms with E-state index >= 15 is 0 Å². The molecule has 0 unspecified atom stereocenters. The van der Waals surface area contributed by atoms with Crippen molar-refractivity contribution < 1.29 is 8.42 Å². The molecule has 1 aromatic heterocycles. The van der Waals surface area contributed by atoms with Crippen LogP contribution in [0.3, 0.4) is 0 Å². The van der Waals surface area contributed by atoms with Gasteiger partial charge in [-0.25, -0.2) is 8.42 Å². The molecule has 0 aliphatic rings. The van der Waals surface area contributed by atoms with Gasteiger partial charge >= 0.3 is 4.87 Å². The quantitative estimate of drug-likeness (QED) is 0.410. The summed E-state index contributed by atoms with van der Waals surface area (Å²) in [5.74, 6) is 0. The van der Waals surface area contributed by atoms with Crippen LogP contribution in [0.2, 0.25) is 0 Å². The van der Waals surface area contributed by atoms with E-state index in [1.807, 2.05) is 66.7 Å². The van der Waals surface area contributed by atoms with Crippen molar-refractivity contribution >= 4 is 48.0 Å². The van der Waals surface area contributed by atoms with Gasteiger partial charge in [0, 0.05) is 5.39 Å². The number of nitrogens with zero attached hydrogens (tertiary/aromatic N) is 1. The van der Waals surface area contributed by atoms with E-state index in [2.05, 4.69) is 4.72 Å². The minimum Gasteiger partial charge on any atom is -0.294 e. The van der Waals surface area contributed by atoms with Crippen LogP contribution in [0.25, 0.3) is 21.0 Å². The lowest BCUT2D eigenvalue weighted by atomic mass is 10.1. The van der Waals surface area contributed by atoms with Gasteiger partial charge in [0.15, 0.2) is 0 Å². The molecule has 5 aromatic rings. The molecule has 7 heteroatoms. The lowest BCUT2D eigenvalue weighted by Crippen LogP contribution is -2.14. The number of rotatable bonds is 5. The first kappa shape index (κ1) is 19.5. The number of nitrogens with one attached hydrogen (secondary N) is 1. The van der Waals surface area contributed by atoms with Crippen LogP contribution in [-0.2, 0) is 16.6 Å². The fraction of sp³-hybridized carbons (Fsp3) is 0.0417. The molecule has 1 N–H and O–H groups in total. The molecule has 0 fully saturated rings. The Hall–Kier alpha value is -3.42. The number of aromatic nitrogens is 1. The number of benzene rings is 4. The van der Waals surface area contributed by atoms with Crippen molar-refractivity contribution in [2.75, 3.05) is 4.72 Å². The summed E-state index contributed by atoms with van der Waals surface area (Å²) in [4.78, 5) is 12.6. The standard InChI is InChI=1S/C24H18N2O3S2/c27-24-26(16-17-7-2-1-3-8-17)22-14-13-19(15-23(22)30-24)31(28,29)25-21-12-6-10-18-9-4-5-11-20(18)21/h1-15,25H,16H2. The molecule has 31 heavy (non-hydrogen) atoms. The Morgan fingerprint density at radius 2 is 1.58 bits per heavy atom. The zero-order valence-corrected chi connectivity index (χ0v) is 18.0. The van der Waals surface area contributed by atoms with Crippen molar-refractivity contribution in [1.82, 2.24) is 4.57 Å². The summed E-state index contributed by atoms with van der Waals surface area (Å²) in [5, 5.41) is 1.78. The van der Waals surface area contributed by atoms with E-state index in [1.54, 1.807) is 28.8 Å². The first-order valence-corrected chi connectivity index (χ1v) is 12.0. The van der Waals surface area contributed by atoms with Gasteiger partial charge in [0.1, 0.15) is 0 Å². The van der Waals surface area contributed by atoms with E-state index < -0.39 is 10.0 Å². The summed E-state index contributed by atoms with van der Waals surface area (Å²) in [6.45, 7) is 0.444. The molecule has 4 aromatic carbocycles. The molecule has 0 saturated carbocycles. The molecular formula is C24H18N2O3S2. The lowest BCUT2D eigenvalue weighted by molar-refractivity contribution is 0.601. The van der Waals surface area contributed by atoms with Crippen molar-refractivity contribution in [3.05, 3.63) is 106 Å². The third-order valence-corrected chi connectivity index (χ3v) is 7.47. The van der Waals surface area contributed by atoms with E-state index in [4.69, 9.17) is 0 Å². The minimum atomic E-state index is -3.81. The second-order valence-electron chi connectivity index (χ2n) is 7.20. The smallest absolute Gasteiger partial charge is 0.294 e. The zero-order chi connectivity index (χ0) is 21.4. The van der Waals surface area contributed by atoms with Gasteiger partial charge in [-0.15, -0.1) is 0 Å². The van der Waals surface area contributed by atoms with Crippen LogP contribution < -0.4 is 9.60 Å². The summed E-state index contributed by atoms with van der Waals surface area (Å²) in [7, 11) is -3.81. The molecule has 1 heterocycles. The van der Waals surface area contributed by atoms with Gasteiger partial charge in [-0.05, 0) is 35.2 Å². The van der Waals surface area contributed by atoms with E-state index in [-0.39, 0.29) is 9.77 Å². The Balaban J connectivity index is 1.52. The molecule has 0 radical (unpaired) electrons. The van der Waals surface area contributed by atoms with E-state index in [0.29, 0.717) is 16.9 Å². The molecule has 0 spiro atoms. The monoisotopic (exact) mass is 446 g/mol. The third kappa shape index (κ3) is 3.73. The highest BCUT2D eigenvalue weighted by molar-refractivity contribution is 7.92. The number of hydrogen-bond donors (Lipinski definition) is 1. The van der Waals surface area contributed by atoms with Crippen molar-refractivity contribution in [1.29, 1.82) is 0 Å². The molecule has 0 aliphatic heterocycles. The van der Waals surface area contributed by atoms with Gasteiger partial charge in [-0.3, -0.25) is 14.1 Å². The van der Waals surface area contributed by atoms with Crippen LogP contribution >= 0.6 is 11.3 Å². The van der Waals surface area contributed by atoms with E-state index in [9.17, 15) is 13.2 Å². The number of sulfonamides is 1. The van der Waals surface area contributed by atoms with Crippen LogP contribution in [0.5, 0.6) is 0 Å². The summed E-state index contributed by atoms with van der Waals surface area (Å²) in [6.07, 6.45) is 0. The van der Waals surface area contributed by atoms with Gasteiger partial charge in [0.2, 0.25) is 0 Å². The molecule has 0 bridgehead atoms. The zero-order valence-electron chi connectivity index (χ0n) is 16.4. The van der Waals surface area contributed by atoms with E-state index in [0.717, 1.165) is 33.2 Å². The molecule has 154 valence electrons. The number of fused-ring (bicyclic) bond motifs is 2. The Labute approximate surface area is 183 Å². The van der Waals surface area contributed by atoms with Gasteiger partial charge in [0.25, 0.3) is 10.0 Å². The Morgan fingerprint density at radius 1 is 0.839 bits per heavy atom. The third-order valence-electron chi connectivity index (χ3n) is 5.17. The van der Waals surface area contributed by atoms with Crippen LogP contribution in [0, 0.1) is 0 Å². The highest BCUT2D eigenvalue weighted by Gasteiger charge is 2.18. The highest BCUT2D eigenvalue weighted by Crippen LogP contribution is 2.27. The SMILES string of the molecule is O=c1sc2cc(S(=O)(=O)Nc3cccc4ccccc34)ccc2n1Cc1ccccc1. The predicted molar refractivity (Wildman–Crippen MR) is 126 cm³/mol. The fourth-order valence-corrected chi connectivity index (χ4v) is 5.76. The summed E-state index contributed by atoms with van der Waals surface area (Å²) in [6, 6.07) is 27.6. The summed E-state index contributed by atoms with van der Waals surface area (Å²) < 4.78 is 31.2. The van der Waals surface area contributed by atoms with Crippen LogP contribution in [0.15, 0.2) is 101 Å². The fourth-order valence-electron chi connectivity index (χ4n) is 3.65. The van der Waals surface area contributed by atoms with Gasteiger partial charge in [-0.2, -0.15) is 0 Å². The maximum absolute atomic E-state index is 13.1. The first-order valence-electron chi connectivity index (χ1n) is 9.69. The second kappa shape index (κ2) is 7.68.